The number of benzene rings is 2. The Labute approximate surface area is 146 Å². The van der Waals surface area contributed by atoms with Crippen LogP contribution in [0.5, 0.6) is 17.2 Å². The van der Waals surface area contributed by atoms with Gasteiger partial charge in [-0.2, -0.15) is 0 Å². The summed E-state index contributed by atoms with van der Waals surface area (Å²) in [6.07, 6.45) is 0. The summed E-state index contributed by atoms with van der Waals surface area (Å²) in [4.78, 5) is 14.7. The molecule has 0 spiro atoms. The summed E-state index contributed by atoms with van der Waals surface area (Å²) in [5.41, 5.74) is 1.49. The van der Waals surface area contributed by atoms with Crippen LogP contribution < -0.4 is 14.2 Å². The summed E-state index contributed by atoms with van der Waals surface area (Å²) >= 11 is 0. The molecule has 1 amide bonds. The fourth-order valence-corrected chi connectivity index (χ4v) is 2.76. The molecule has 0 fully saturated rings. The van der Waals surface area contributed by atoms with Gasteiger partial charge in [0.15, 0.2) is 11.5 Å². The number of carbonyl (C=O) groups is 1. The van der Waals surface area contributed by atoms with Crippen molar-refractivity contribution in [1.82, 2.24) is 4.90 Å². The van der Waals surface area contributed by atoms with Crippen LogP contribution in [0.3, 0.4) is 0 Å². The molecule has 1 aliphatic rings. The minimum atomic E-state index is -0.110. The Bertz CT molecular complexity index is 746. The van der Waals surface area contributed by atoms with Gasteiger partial charge in [0.25, 0.3) is 5.91 Å². The lowest BCUT2D eigenvalue weighted by atomic mass is 10.1. The Hall–Kier alpha value is -2.73. The molecule has 132 valence electrons. The normalized spacial score (nSPS) is 13.4. The third-order valence-electron chi connectivity index (χ3n) is 4.00. The zero-order valence-electron chi connectivity index (χ0n) is 14.1. The van der Waals surface area contributed by atoms with Crippen molar-refractivity contribution in [3.8, 4) is 17.2 Å². The van der Waals surface area contributed by atoms with Crippen LogP contribution in [0.15, 0.2) is 42.5 Å². The number of para-hydroxylation sites is 1. The third-order valence-corrected chi connectivity index (χ3v) is 4.00. The molecule has 6 nitrogen and oxygen atoms in total. The summed E-state index contributed by atoms with van der Waals surface area (Å²) in [7, 11) is 1.53. The quantitative estimate of drug-likeness (QED) is 0.900. The number of aliphatic hydroxyl groups is 1. The minimum Gasteiger partial charge on any atom is -0.493 e. The Morgan fingerprint density at radius 3 is 2.88 bits per heavy atom. The first kappa shape index (κ1) is 17.1. The second-order valence-corrected chi connectivity index (χ2v) is 5.62. The molecule has 1 aliphatic heterocycles. The van der Waals surface area contributed by atoms with Gasteiger partial charge in [-0.1, -0.05) is 18.2 Å². The van der Waals surface area contributed by atoms with Crippen LogP contribution in [0.4, 0.5) is 0 Å². The van der Waals surface area contributed by atoms with Gasteiger partial charge >= 0.3 is 0 Å². The molecule has 0 aromatic heterocycles. The van der Waals surface area contributed by atoms with Crippen LogP contribution in [0.1, 0.15) is 15.9 Å². The van der Waals surface area contributed by atoms with Crippen LogP contribution in [0, 0.1) is 0 Å². The highest BCUT2D eigenvalue weighted by Crippen LogP contribution is 2.29. The van der Waals surface area contributed by atoms with Gasteiger partial charge in [0.1, 0.15) is 19.0 Å². The van der Waals surface area contributed by atoms with E-state index in [0.717, 1.165) is 11.3 Å². The molecule has 0 bridgehead atoms. The molecule has 0 aliphatic carbocycles. The maximum atomic E-state index is 12.9. The van der Waals surface area contributed by atoms with E-state index in [1.807, 2.05) is 24.3 Å². The lowest BCUT2D eigenvalue weighted by Gasteiger charge is -2.20. The van der Waals surface area contributed by atoms with E-state index in [1.165, 1.54) is 7.11 Å². The van der Waals surface area contributed by atoms with Crippen molar-refractivity contribution in [1.29, 1.82) is 0 Å². The van der Waals surface area contributed by atoms with Gasteiger partial charge in [0, 0.05) is 17.7 Å². The van der Waals surface area contributed by atoms with Crippen molar-refractivity contribution in [3.05, 3.63) is 53.6 Å². The van der Waals surface area contributed by atoms with Gasteiger partial charge in [-0.15, -0.1) is 0 Å². The van der Waals surface area contributed by atoms with Crippen molar-refractivity contribution < 1.29 is 24.1 Å². The molecule has 6 heteroatoms. The summed E-state index contributed by atoms with van der Waals surface area (Å²) in [5.74, 6) is 1.68. The summed E-state index contributed by atoms with van der Waals surface area (Å²) in [6, 6.07) is 12.8. The standard InChI is InChI=1S/C19H21NO5/c1-23-17-7-6-14(12-18(17)25-11-9-21)19(22)20-8-10-24-16-5-3-2-4-15(16)13-20/h2-7,12,21H,8-11,13H2,1H3. The monoisotopic (exact) mass is 343 g/mol. The predicted octanol–water partition coefficient (Wildman–Crippen LogP) is 2.10. The second-order valence-electron chi connectivity index (χ2n) is 5.62. The van der Waals surface area contributed by atoms with Crippen LogP contribution in [0.2, 0.25) is 0 Å². The molecule has 2 aromatic carbocycles. The van der Waals surface area contributed by atoms with Gasteiger partial charge in [0.2, 0.25) is 0 Å². The largest absolute Gasteiger partial charge is 0.493 e. The van der Waals surface area contributed by atoms with Crippen molar-refractivity contribution >= 4 is 5.91 Å². The van der Waals surface area contributed by atoms with Crippen LogP contribution in [0.25, 0.3) is 0 Å². The van der Waals surface area contributed by atoms with Gasteiger partial charge in [0.05, 0.1) is 20.3 Å². The number of carbonyl (C=O) groups excluding carboxylic acids is 1. The van der Waals surface area contributed by atoms with Crippen molar-refractivity contribution in [2.75, 3.05) is 33.5 Å². The van der Waals surface area contributed by atoms with E-state index in [0.29, 0.717) is 36.8 Å². The molecule has 1 heterocycles. The van der Waals surface area contributed by atoms with Gasteiger partial charge in [-0.05, 0) is 24.3 Å². The highest BCUT2D eigenvalue weighted by molar-refractivity contribution is 5.95. The summed E-state index contributed by atoms with van der Waals surface area (Å²) in [5, 5.41) is 8.94. The first-order valence-electron chi connectivity index (χ1n) is 8.14. The second kappa shape index (κ2) is 7.90. The number of fused-ring (bicyclic) bond motifs is 1. The molecule has 0 saturated carbocycles. The molecule has 0 radical (unpaired) electrons. The molecule has 3 rings (SSSR count). The number of rotatable bonds is 5. The molecule has 1 N–H and O–H groups in total. The Kier molecular flexibility index (Phi) is 5.40. The maximum Gasteiger partial charge on any atom is 0.254 e. The Morgan fingerprint density at radius 1 is 1.24 bits per heavy atom. The Morgan fingerprint density at radius 2 is 2.08 bits per heavy atom. The van der Waals surface area contributed by atoms with Crippen molar-refractivity contribution in [2.45, 2.75) is 6.54 Å². The topological polar surface area (TPSA) is 68.2 Å². The third kappa shape index (κ3) is 3.85. The van der Waals surface area contributed by atoms with Gasteiger partial charge < -0.3 is 24.2 Å². The van der Waals surface area contributed by atoms with E-state index < -0.39 is 0 Å². The van der Waals surface area contributed by atoms with Crippen LogP contribution in [-0.4, -0.2) is 49.4 Å². The zero-order valence-corrected chi connectivity index (χ0v) is 14.1. The maximum absolute atomic E-state index is 12.9. The van der Waals surface area contributed by atoms with Gasteiger partial charge in [-0.3, -0.25) is 4.79 Å². The molecule has 0 unspecified atom stereocenters. The average molecular weight is 343 g/mol. The first-order valence-corrected chi connectivity index (χ1v) is 8.14. The lowest BCUT2D eigenvalue weighted by molar-refractivity contribution is 0.0732. The van der Waals surface area contributed by atoms with Crippen molar-refractivity contribution in [3.63, 3.8) is 0 Å². The smallest absolute Gasteiger partial charge is 0.254 e. The highest BCUT2D eigenvalue weighted by Gasteiger charge is 2.22. The molecular formula is C19H21NO5. The first-order chi connectivity index (χ1) is 12.2. The van der Waals surface area contributed by atoms with E-state index in [2.05, 4.69) is 0 Å². The van der Waals surface area contributed by atoms with E-state index in [-0.39, 0.29) is 19.1 Å². The van der Waals surface area contributed by atoms with E-state index in [1.54, 1.807) is 23.1 Å². The highest BCUT2D eigenvalue weighted by atomic mass is 16.5. The fourth-order valence-electron chi connectivity index (χ4n) is 2.76. The van der Waals surface area contributed by atoms with Gasteiger partial charge in [-0.25, -0.2) is 0 Å². The number of amides is 1. The minimum absolute atomic E-state index is 0.100. The number of ether oxygens (including phenoxy) is 3. The molecular weight excluding hydrogens is 322 g/mol. The molecule has 0 atom stereocenters. The molecule has 0 saturated heterocycles. The van der Waals surface area contributed by atoms with E-state index in [9.17, 15) is 4.79 Å². The average Bonchev–Trinajstić information content (AvgIpc) is 2.88. The number of aliphatic hydroxyl groups excluding tert-OH is 1. The number of hydrogen-bond donors (Lipinski definition) is 1. The number of methoxy groups -OCH3 is 1. The lowest BCUT2D eigenvalue weighted by Crippen LogP contribution is -2.32. The number of hydrogen-bond acceptors (Lipinski definition) is 5. The van der Waals surface area contributed by atoms with Crippen molar-refractivity contribution in [2.24, 2.45) is 0 Å². The summed E-state index contributed by atoms with van der Waals surface area (Å²) in [6.45, 7) is 1.48. The zero-order chi connectivity index (χ0) is 17.6. The van der Waals surface area contributed by atoms with E-state index in [4.69, 9.17) is 19.3 Å². The molecule has 25 heavy (non-hydrogen) atoms. The number of nitrogens with zero attached hydrogens (tertiary/aromatic N) is 1. The van der Waals surface area contributed by atoms with E-state index >= 15 is 0 Å². The predicted molar refractivity (Wildman–Crippen MR) is 92.3 cm³/mol. The summed E-state index contributed by atoms with van der Waals surface area (Å²) < 4.78 is 16.4. The fraction of sp³-hybridized carbons (Fsp3) is 0.316. The molecule has 2 aromatic rings. The Balaban J connectivity index is 1.82. The van der Waals surface area contributed by atoms with Crippen LogP contribution in [-0.2, 0) is 6.54 Å². The SMILES string of the molecule is COc1ccc(C(=O)N2CCOc3ccccc3C2)cc1OCCO. The van der Waals surface area contributed by atoms with Crippen LogP contribution >= 0.6 is 0 Å².